The van der Waals surface area contributed by atoms with Gasteiger partial charge in [0.1, 0.15) is 5.82 Å². The van der Waals surface area contributed by atoms with Gasteiger partial charge in [0.25, 0.3) is 0 Å². The molecule has 0 atom stereocenters. The highest BCUT2D eigenvalue weighted by atomic mass is 35.5. The van der Waals surface area contributed by atoms with Crippen molar-refractivity contribution in [2.24, 2.45) is 0 Å². The Morgan fingerprint density at radius 1 is 1.35 bits per heavy atom. The fourth-order valence-electron chi connectivity index (χ4n) is 1.96. The number of hydrogen-bond acceptors (Lipinski definition) is 3. The van der Waals surface area contributed by atoms with Gasteiger partial charge in [-0.3, -0.25) is 0 Å². The summed E-state index contributed by atoms with van der Waals surface area (Å²) in [5, 5.41) is 7.81. The number of aromatic nitrogens is 3. The number of benzene rings is 1. The third kappa shape index (κ3) is 2.58. The monoisotopic (exact) mass is 290 g/mol. The zero-order chi connectivity index (χ0) is 14.1. The van der Waals surface area contributed by atoms with Crippen LogP contribution in [0.5, 0.6) is 0 Å². The molecule has 0 amide bonds. The van der Waals surface area contributed by atoms with E-state index in [0.717, 1.165) is 16.9 Å². The Bertz CT molecular complexity index is 769. The Kier molecular flexibility index (Phi) is 3.28. The third-order valence-electron chi connectivity index (χ3n) is 2.90. The van der Waals surface area contributed by atoms with Crippen LogP contribution in [0, 0.1) is 12.7 Å². The summed E-state index contributed by atoms with van der Waals surface area (Å²) in [6.07, 6.45) is 3.68. The van der Waals surface area contributed by atoms with E-state index in [9.17, 15) is 4.39 Å². The molecule has 3 rings (SSSR count). The van der Waals surface area contributed by atoms with Gasteiger partial charge in [0.2, 0.25) is 0 Å². The Labute approximate surface area is 120 Å². The van der Waals surface area contributed by atoms with Crippen molar-refractivity contribution in [1.29, 1.82) is 0 Å². The second kappa shape index (κ2) is 5.09. The second-order valence-electron chi connectivity index (χ2n) is 4.53. The minimum absolute atomic E-state index is 0.351. The van der Waals surface area contributed by atoms with Crippen molar-refractivity contribution in [3.8, 4) is 0 Å². The van der Waals surface area contributed by atoms with Crippen LogP contribution >= 0.6 is 11.6 Å². The highest BCUT2D eigenvalue weighted by Gasteiger charge is 2.04. The predicted octanol–water partition coefficient (Wildman–Crippen LogP) is 3.44. The Morgan fingerprint density at radius 2 is 2.20 bits per heavy atom. The number of anilines is 1. The van der Waals surface area contributed by atoms with Gasteiger partial charge < -0.3 is 5.32 Å². The number of aryl methyl sites for hydroxylation is 1. The van der Waals surface area contributed by atoms with E-state index in [2.05, 4.69) is 15.4 Å². The van der Waals surface area contributed by atoms with Crippen LogP contribution in [0.25, 0.3) is 5.65 Å². The van der Waals surface area contributed by atoms with Crippen LogP contribution < -0.4 is 5.32 Å². The fraction of sp³-hybridized carbons (Fsp3) is 0.143. The first-order valence-electron chi connectivity index (χ1n) is 6.12. The van der Waals surface area contributed by atoms with E-state index in [1.54, 1.807) is 16.8 Å². The number of fused-ring (bicyclic) bond motifs is 1. The average molecular weight is 291 g/mol. The van der Waals surface area contributed by atoms with Gasteiger partial charge in [-0.15, -0.1) is 0 Å². The van der Waals surface area contributed by atoms with Crippen LogP contribution in [0.15, 0.2) is 36.7 Å². The number of nitrogens with zero attached hydrogens (tertiary/aromatic N) is 3. The average Bonchev–Trinajstić information content (AvgIpc) is 2.77. The third-order valence-corrected chi connectivity index (χ3v) is 3.22. The summed E-state index contributed by atoms with van der Waals surface area (Å²) in [7, 11) is 0. The molecule has 0 unspecified atom stereocenters. The summed E-state index contributed by atoms with van der Waals surface area (Å²) < 4.78 is 14.7. The van der Waals surface area contributed by atoms with Crippen LogP contribution in [0.4, 0.5) is 10.1 Å². The lowest BCUT2D eigenvalue weighted by atomic mass is 10.3. The molecule has 20 heavy (non-hydrogen) atoms. The second-order valence-corrected chi connectivity index (χ2v) is 4.94. The number of hydrogen-bond donors (Lipinski definition) is 1. The summed E-state index contributed by atoms with van der Waals surface area (Å²) in [5.41, 5.74) is 3.38. The molecule has 102 valence electrons. The number of rotatable bonds is 3. The van der Waals surface area contributed by atoms with Crippen molar-refractivity contribution in [2.45, 2.75) is 13.5 Å². The maximum atomic E-state index is 13.0. The van der Waals surface area contributed by atoms with E-state index in [0.29, 0.717) is 17.3 Å². The molecule has 0 bridgehead atoms. The van der Waals surface area contributed by atoms with Gasteiger partial charge in [0.05, 0.1) is 16.4 Å². The van der Waals surface area contributed by atoms with E-state index >= 15 is 0 Å². The molecule has 0 saturated carbocycles. The first kappa shape index (κ1) is 12.9. The number of halogens is 2. The van der Waals surface area contributed by atoms with Gasteiger partial charge in [0.15, 0.2) is 5.65 Å². The molecule has 0 fully saturated rings. The van der Waals surface area contributed by atoms with Crippen molar-refractivity contribution in [3.63, 3.8) is 0 Å². The summed E-state index contributed by atoms with van der Waals surface area (Å²) >= 11 is 5.96. The molecule has 1 N–H and O–H groups in total. The first-order chi connectivity index (χ1) is 9.61. The first-order valence-corrected chi connectivity index (χ1v) is 6.49. The quantitative estimate of drug-likeness (QED) is 0.803. The standard InChI is InChI=1S/C14H12ClFN4/c1-9-4-14-18-7-10(8-20(14)19-9)6-17-13-3-2-11(16)5-12(13)15/h2-5,7-8,17H,6H2,1H3. The molecule has 6 heteroatoms. The maximum Gasteiger partial charge on any atom is 0.155 e. The van der Waals surface area contributed by atoms with Crippen LogP contribution in [-0.4, -0.2) is 14.6 Å². The zero-order valence-corrected chi connectivity index (χ0v) is 11.5. The van der Waals surface area contributed by atoms with E-state index < -0.39 is 0 Å². The molecule has 3 aromatic rings. The maximum absolute atomic E-state index is 13.0. The molecule has 4 nitrogen and oxygen atoms in total. The number of nitrogens with one attached hydrogen (secondary N) is 1. The lowest BCUT2D eigenvalue weighted by Crippen LogP contribution is -2.03. The van der Waals surface area contributed by atoms with Crippen LogP contribution in [0.1, 0.15) is 11.3 Å². The molecule has 1 aromatic carbocycles. The van der Waals surface area contributed by atoms with Crippen LogP contribution in [0.2, 0.25) is 5.02 Å². The molecule has 0 saturated heterocycles. The van der Waals surface area contributed by atoms with Crippen molar-refractivity contribution < 1.29 is 4.39 Å². The normalized spacial score (nSPS) is 10.9. The van der Waals surface area contributed by atoms with Crippen molar-refractivity contribution in [2.75, 3.05) is 5.32 Å². The Morgan fingerprint density at radius 3 is 3.00 bits per heavy atom. The van der Waals surface area contributed by atoms with E-state index in [4.69, 9.17) is 11.6 Å². The highest BCUT2D eigenvalue weighted by molar-refractivity contribution is 6.33. The van der Waals surface area contributed by atoms with Crippen molar-refractivity contribution in [3.05, 3.63) is 58.8 Å². The van der Waals surface area contributed by atoms with Gasteiger partial charge >= 0.3 is 0 Å². The lowest BCUT2D eigenvalue weighted by molar-refractivity contribution is 0.628. The smallest absolute Gasteiger partial charge is 0.155 e. The van der Waals surface area contributed by atoms with E-state index in [1.165, 1.54) is 12.1 Å². The van der Waals surface area contributed by atoms with Gasteiger partial charge in [-0.05, 0) is 25.1 Å². The molecule has 0 aliphatic heterocycles. The van der Waals surface area contributed by atoms with Gasteiger partial charge in [-0.1, -0.05) is 11.6 Å². The van der Waals surface area contributed by atoms with E-state index in [-0.39, 0.29) is 5.82 Å². The predicted molar refractivity (Wildman–Crippen MR) is 76.5 cm³/mol. The Hall–Kier alpha value is -2.14. The topological polar surface area (TPSA) is 42.2 Å². The molecular weight excluding hydrogens is 279 g/mol. The van der Waals surface area contributed by atoms with Crippen molar-refractivity contribution >= 4 is 22.9 Å². The summed E-state index contributed by atoms with van der Waals surface area (Å²) in [5.74, 6) is -0.351. The minimum Gasteiger partial charge on any atom is -0.380 e. The van der Waals surface area contributed by atoms with Crippen molar-refractivity contribution in [1.82, 2.24) is 14.6 Å². The lowest BCUT2D eigenvalue weighted by Gasteiger charge is -2.08. The SMILES string of the molecule is Cc1cc2ncc(CNc3ccc(F)cc3Cl)cn2n1. The fourth-order valence-corrected chi connectivity index (χ4v) is 2.19. The molecule has 0 aliphatic rings. The van der Waals surface area contributed by atoms with Gasteiger partial charge in [0, 0.05) is 30.6 Å². The van der Waals surface area contributed by atoms with Gasteiger partial charge in [-0.25, -0.2) is 13.9 Å². The zero-order valence-electron chi connectivity index (χ0n) is 10.8. The largest absolute Gasteiger partial charge is 0.380 e. The van der Waals surface area contributed by atoms with Gasteiger partial charge in [-0.2, -0.15) is 5.10 Å². The molecule has 2 heterocycles. The summed E-state index contributed by atoms with van der Waals surface area (Å²) in [6.45, 7) is 2.46. The van der Waals surface area contributed by atoms with Crippen LogP contribution in [-0.2, 0) is 6.54 Å². The Balaban J connectivity index is 1.79. The molecule has 0 spiro atoms. The highest BCUT2D eigenvalue weighted by Crippen LogP contribution is 2.22. The molecule has 0 aliphatic carbocycles. The molecule has 0 radical (unpaired) electrons. The minimum atomic E-state index is -0.351. The molecule has 2 aromatic heterocycles. The van der Waals surface area contributed by atoms with E-state index in [1.807, 2.05) is 19.2 Å². The molecular formula is C14H12ClFN4. The summed E-state index contributed by atoms with van der Waals surface area (Å²) in [6, 6.07) is 6.17. The summed E-state index contributed by atoms with van der Waals surface area (Å²) in [4.78, 5) is 4.32. The van der Waals surface area contributed by atoms with Crippen LogP contribution in [0.3, 0.4) is 0 Å².